The molecule has 0 unspecified atom stereocenters. The van der Waals surface area contributed by atoms with Crippen molar-refractivity contribution in [2.24, 2.45) is 5.41 Å². The summed E-state index contributed by atoms with van der Waals surface area (Å²) in [5, 5.41) is 2.88. The van der Waals surface area contributed by atoms with Crippen LogP contribution in [0, 0.1) is 5.41 Å². The fourth-order valence-corrected chi connectivity index (χ4v) is 2.97. The molecule has 1 aliphatic carbocycles. The van der Waals surface area contributed by atoms with Crippen molar-refractivity contribution in [3.05, 3.63) is 10.6 Å². The molecular formula is C11H12Cl2N2O2S. The summed E-state index contributed by atoms with van der Waals surface area (Å²) in [5.74, 6) is -0.455. The van der Waals surface area contributed by atoms with Gasteiger partial charge in [-0.3, -0.25) is 14.9 Å². The van der Waals surface area contributed by atoms with Crippen molar-refractivity contribution in [3.63, 3.8) is 0 Å². The van der Waals surface area contributed by atoms with E-state index in [1.807, 2.05) is 13.8 Å². The number of fused-ring (bicyclic) bond motifs is 1. The molecule has 1 aromatic heterocycles. The number of rotatable bonds is 2. The summed E-state index contributed by atoms with van der Waals surface area (Å²) < 4.78 is 0. The summed E-state index contributed by atoms with van der Waals surface area (Å²) >= 11 is 12.1. The van der Waals surface area contributed by atoms with Gasteiger partial charge in [0.1, 0.15) is 0 Å². The van der Waals surface area contributed by atoms with Gasteiger partial charge in [-0.05, 0) is 11.8 Å². The Labute approximate surface area is 119 Å². The van der Waals surface area contributed by atoms with Gasteiger partial charge in [-0.2, -0.15) is 0 Å². The van der Waals surface area contributed by atoms with Crippen LogP contribution < -0.4 is 5.32 Å². The molecule has 1 aromatic rings. The Kier molecular flexibility index (Phi) is 3.67. The van der Waals surface area contributed by atoms with E-state index < -0.39 is 10.7 Å². The largest absolute Gasteiger partial charge is 0.300 e. The molecule has 2 rings (SSSR count). The summed E-state index contributed by atoms with van der Waals surface area (Å²) in [7, 11) is 0. The van der Waals surface area contributed by atoms with Crippen molar-refractivity contribution in [2.75, 3.05) is 5.32 Å². The minimum absolute atomic E-state index is 0.0764. The SMILES string of the molecule is CC1(C)CC(=O)c2sc(NC(=O)C(Cl)Cl)nc2C1. The van der Waals surface area contributed by atoms with Crippen LogP contribution in [0.5, 0.6) is 0 Å². The minimum atomic E-state index is -1.14. The van der Waals surface area contributed by atoms with E-state index >= 15 is 0 Å². The lowest BCUT2D eigenvalue weighted by molar-refractivity contribution is -0.114. The molecular weight excluding hydrogens is 295 g/mol. The fourth-order valence-electron chi connectivity index (χ4n) is 1.93. The summed E-state index contributed by atoms with van der Waals surface area (Å²) in [4.78, 5) is 27.0. The molecule has 0 fully saturated rings. The van der Waals surface area contributed by atoms with E-state index in [0.29, 0.717) is 16.4 Å². The van der Waals surface area contributed by atoms with Crippen LogP contribution in [0.25, 0.3) is 0 Å². The summed E-state index contributed by atoms with van der Waals surface area (Å²) in [5.41, 5.74) is 0.665. The number of Topliss-reactive ketones (excluding diaryl/α,β-unsaturated/α-hetero) is 1. The maximum atomic E-state index is 11.9. The van der Waals surface area contributed by atoms with Crippen molar-refractivity contribution < 1.29 is 9.59 Å². The predicted molar refractivity (Wildman–Crippen MR) is 72.7 cm³/mol. The van der Waals surface area contributed by atoms with Gasteiger partial charge in [0.15, 0.2) is 15.8 Å². The number of hydrogen-bond donors (Lipinski definition) is 1. The number of nitrogens with one attached hydrogen (secondary N) is 1. The molecule has 0 saturated heterocycles. The van der Waals surface area contributed by atoms with E-state index in [9.17, 15) is 9.59 Å². The summed E-state index contributed by atoms with van der Waals surface area (Å²) in [6.45, 7) is 4.05. The van der Waals surface area contributed by atoms with Crippen molar-refractivity contribution in [3.8, 4) is 0 Å². The second-order valence-electron chi connectivity index (χ2n) is 5.03. The molecule has 0 aliphatic heterocycles. The topological polar surface area (TPSA) is 59.1 Å². The van der Waals surface area contributed by atoms with Gasteiger partial charge >= 0.3 is 0 Å². The molecule has 1 aliphatic rings. The maximum absolute atomic E-state index is 11.9. The van der Waals surface area contributed by atoms with Crippen LogP contribution in [0.2, 0.25) is 0 Å². The van der Waals surface area contributed by atoms with Crippen LogP contribution in [-0.4, -0.2) is 21.5 Å². The molecule has 0 radical (unpaired) electrons. The van der Waals surface area contributed by atoms with Crippen molar-refractivity contribution >= 4 is 51.4 Å². The molecule has 18 heavy (non-hydrogen) atoms. The molecule has 0 aromatic carbocycles. The van der Waals surface area contributed by atoms with Crippen LogP contribution in [-0.2, 0) is 11.2 Å². The molecule has 1 amide bonds. The van der Waals surface area contributed by atoms with E-state index in [1.165, 1.54) is 11.3 Å². The summed E-state index contributed by atoms with van der Waals surface area (Å²) in [6.07, 6.45) is 1.23. The van der Waals surface area contributed by atoms with Gasteiger partial charge in [0, 0.05) is 6.42 Å². The van der Waals surface area contributed by atoms with Crippen LogP contribution in [0.4, 0.5) is 5.13 Å². The van der Waals surface area contributed by atoms with Crippen molar-refractivity contribution in [1.82, 2.24) is 4.98 Å². The Hall–Kier alpha value is -0.650. The van der Waals surface area contributed by atoms with Gasteiger partial charge in [-0.15, -0.1) is 0 Å². The molecule has 0 saturated carbocycles. The van der Waals surface area contributed by atoms with Crippen molar-refractivity contribution in [2.45, 2.75) is 31.5 Å². The zero-order valence-electron chi connectivity index (χ0n) is 9.92. The van der Waals surface area contributed by atoms with Crippen LogP contribution in [0.15, 0.2) is 0 Å². The zero-order valence-corrected chi connectivity index (χ0v) is 12.2. The van der Waals surface area contributed by atoms with Crippen molar-refractivity contribution in [1.29, 1.82) is 0 Å². The summed E-state index contributed by atoms with van der Waals surface area (Å²) in [6, 6.07) is 0. The maximum Gasteiger partial charge on any atom is 0.259 e. The van der Waals surface area contributed by atoms with E-state index in [-0.39, 0.29) is 11.2 Å². The number of ketones is 1. The number of alkyl halides is 2. The van der Waals surface area contributed by atoms with Crippen LogP contribution >= 0.6 is 34.5 Å². The van der Waals surface area contributed by atoms with E-state index in [4.69, 9.17) is 23.2 Å². The van der Waals surface area contributed by atoms with Gasteiger partial charge in [0.05, 0.1) is 10.6 Å². The number of nitrogens with zero attached hydrogens (tertiary/aromatic N) is 1. The quantitative estimate of drug-likeness (QED) is 0.854. The second-order valence-corrected chi connectivity index (χ2v) is 7.12. The van der Waals surface area contributed by atoms with Crippen LogP contribution in [0.1, 0.15) is 35.6 Å². The van der Waals surface area contributed by atoms with E-state index in [2.05, 4.69) is 10.3 Å². The average Bonchev–Trinajstić information content (AvgIpc) is 2.58. The lowest BCUT2D eigenvalue weighted by atomic mass is 9.78. The standard InChI is InChI=1S/C11H12Cl2N2O2S/c1-11(2)3-5-7(6(16)4-11)18-10(14-5)15-9(17)8(12)13/h8H,3-4H2,1-2H3,(H,14,15,17). The first-order chi connectivity index (χ1) is 8.28. The highest BCUT2D eigenvalue weighted by Crippen LogP contribution is 2.38. The van der Waals surface area contributed by atoms with Gasteiger partial charge in [0.25, 0.3) is 5.91 Å². The number of hydrogen-bond acceptors (Lipinski definition) is 4. The van der Waals surface area contributed by atoms with Gasteiger partial charge in [0.2, 0.25) is 0 Å². The van der Waals surface area contributed by atoms with E-state index in [0.717, 1.165) is 12.1 Å². The first kappa shape index (κ1) is 13.8. The molecule has 4 nitrogen and oxygen atoms in total. The number of carbonyl (C=O) groups excluding carboxylic acids is 2. The molecule has 1 N–H and O–H groups in total. The molecule has 0 spiro atoms. The second kappa shape index (κ2) is 4.79. The third kappa shape index (κ3) is 2.84. The lowest BCUT2D eigenvalue weighted by Crippen LogP contribution is -2.26. The highest BCUT2D eigenvalue weighted by Gasteiger charge is 2.34. The van der Waals surface area contributed by atoms with Gasteiger partial charge in [-0.25, -0.2) is 4.98 Å². The van der Waals surface area contributed by atoms with Gasteiger partial charge in [-0.1, -0.05) is 48.4 Å². The first-order valence-electron chi connectivity index (χ1n) is 5.40. The number of carbonyl (C=O) groups is 2. The Morgan fingerprint density at radius 2 is 2.11 bits per heavy atom. The Morgan fingerprint density at radius 1 is 1.44 bits per heavy atom. The highest BCUT2D eigenvalue weighted by molar-refractivity contribution is 7.17. The molecule has 7 heteroatoms. The number of aromatic nitrogens is 1. The number of anilines is 1. The predicted octanol–water partition coefficient (Wildman–Crippen LogP) is 3.04. The smallest absolute Gasteiger partial charge is 0.259 e. The average molecular weight is 307 g/mol. The molecule has 1 heterocycles. The van der Waals surface area contributed by atoms with E-state index in [1.54, 1.807) is 0 Å². The Morgan fingerprint density at radius 3 is 2.72 bits per heavy atom. The normalized spacial score (nSPS) is 17.7. The molecule has 0 bridgehead atoms. The number of halogens is 2. The first-order valence-corrected chi connectivity index (χ1v) is 7.09. The minimum Gasteiger partial charge on any atom is -0.300 e. The fraction of sp³-hybridized carbons (Fsp3) is 0.545. The third-order valence-electron chi connectivity index (χ3n) is 2.66. The zero-order chi connectivity index (χ0) is 13.5. The molecule has 98 valence electrons. The number of thiazole rings is 1. The lowest BCUT2D eigenvalue weighted by Gasteiger charge is -2.26. The molecule has 0 atom stereocenters. The Bertz CT molecular complexity index is 511. The highest BCUT2D eigenvalue weighted by atomic mass is 35.5. The van der Waals surface area contributed by atoms with Crippen LogP contribution in [0.3, 0.4) is 0 Å². The van der Waals surface area contributed by atoms with Gasteiger partial charge < -0.3 is 0 Å². The third-order valence-corrected chi connectivity index (χ3v) is 4.11. The Balaban J connectivity index is 2.24. The number of amides is 1. The monoisotopic (exact) mass is 306 g/mol.